The summed E-state index contributed by atoms with van der Waals surface area (Å²) in [4.78, 5) is 4.43. The highest BCUT2D eigenvalue weighted by atomic mass is 16.5. The van der Waals surface area contributed by atoms with E-state index in [0.29, 0.717) is 18.4 Å². The van der Waals surface area contributed by atoms with E-state index in [9.17, 15) is 0 Å². The first-order chi connectivity index (χ1) is 6.69. The Morgan fingerprint density at radius 1 is 1.57 bits per heavy atom. The Labute approximate surface area is 83.9 Å². The monoisotopic (exact) mass is 195 g/mol. The lowest BCUT2D eigenvalue weighted by Gasteiger charge is -2.20. The summed E-state index contributed by atoms with van der Waals surface area (Å²) in [7, 11) is 0. The third kappa shape index (κ3) is 1.54. The van der Waals surface area contributed by atoms with Gasteiger partial charge in [-0.05, 0) is 26.2 Å². The lowest BCUT2D eigenvalue weighted by atomic mass is 9.88. The molecule has 0 aliphatic heterocycles. The number of rotatable bonds is 4. The fraction of sp³-hybridized carbons (Fsp3) is 0.800. The van der Waals surface area contributed by atoms with Crippen LogP contribution >= 0.6 is 0 Å². The zero-order valence-corrected chi connectivity index (χ0v) is 8.79. The van der Waals surface area contributed by atoms with Gasteiger partial charge in [-0.15, -0.1) is 0 Å². The SMILES string of the molecule is CCC(C)(CN)c1nc(C2CC2)no1. The van der Waals surface area contributed by atoms with Gasteiger partial charge in [0.05, 0.1) is 5.41 Å². The van der Waals surface area contributed by atoms with Crippen LogP contribution in [0.1, 0.15) is 50.7 Å². The molecule has 0 amide bonds. The highest BCUT2D eigenvalue weighted by Gasteiger charge is 2.34. The minimum atomic E-state index is -0.153. The second-order valence-electron chi connectivity index (χ2n) is 4.35. The van der Waals surface area contributed by atoms with E-state index in [1.807, 2.05) is 0 Å². The highest BCUT2D eigenvalue weighted by Crippen LogP contribution is 2.39. The van der Waals surface area contributed by atoms with E-state index in [1.54, 1.807) is 0 Å². The van der Waals surface area contributed by atoms with E-state index in [1.165, 1.54) is 12.8 Å². The first-order valence-electron chi connectivity index (χ1n) is 5.24. The van der Waals surface area contributed by atoms with Gasteiger partial charge in [0, 0.05) is 12.5 Å². The molecule has 0 saturated heterocycles. The number of nitrogens with two attached hydrogens (primary N) is 1. The van der Waals surface area contributed by atoms with Crippen LogP contribution in [0.2, 0.25) is 0 Å². The van der Waals surface area contributed by atoms with Crippen LogP contribution in [0.15, 0.2) is 4.52 Å². The van der Waals surface area contributed by atoms with Crippen molar-refractivity contribution in [3.05, 3.63) is 11.7 Å². The molecule has 1 aromatic heterocycles. The number of hydrogen-bond acceptors (Lipinski definition) is 4. The fourth-order valence-corrected chi connectivity index (χ4v) is 1.37. The number of hydrogen-bond donors (Lipinski definition) is 1. The zero-order valence-electron chi connectivity index (χ0n) is 8.79. The summed E-state index contributed by atoms with van der Waals surface area (Å²) >= 11 is 0. The van der Waals surface area contributed by atoms with E-state index in [4.69, 9.17) is 10.3 Å². The summed E-state index contributed by atoms with van der Waals surface area (Å²) in [6, 6.07) is 0. The van der Waals surface area contributed by atoms with Gasteiger partial charge < -0.3 is 10.3 Å². The summed E-state index contributed by atoms with van der Waals surface area (Å²) < 4.78 is 5.27. The Bertz CT molecular complexity index is 313. The standard InChI is InChI=1S/C10H17N3O/c1-3-10(2,6-11)9-12-8(13-14-9)7-4-5-7/h7H,3-6,11H2,1-2H3. The van der Waals surface area contributed by atoms with Crippen LogP contribution in [-0.2, 0) is 5.41 Å². The van der Waals surface area contributed by atoms with Gasteiger partial charge in [-0.1, -0.05) is 12.1 Å². The van der Waals surface area contributed by atoms with Gasteiger partial charge >= 0.3 is 0 Å². The van der Waals surface area contributed by atoms with Crippen LogP contribution in [0.4, 0.5) is 0 Å². The van der Waals surface area contributed by atoms with Crippen molar-refractivity contribution in [2.24, 2.45) is 5.73 Å². The van der Waals surface area contributed by atoms with E-state index in [-0.39, 0.29) is 5.41 Å². The summed E-state index contributed by atoms with van der Waals surface area (Å²) in [6.45, 7) is 4.71. The van der Waals surface area contributed by atoms with Crippen molar-refractivity contribution in [3.8, 4) is 0 Å². The minimum absolute atomic E-state index is 0.153. The lowest BCUT2D eigenvalue weighted by molar-refractivity contribution is 0.289. The first kappa shape index (κ1) is 9.65. The van der Waals surface area contributed by atoms with E-state index in [0.717, 1.165) is 12.2 Å². The molecule has 0 bridgehead atoms. The molecule has 1 aliphatic carbocycles. The molecule has 14 heavy (non-hydrogen) atoms. The van der Waals surface area contributed by atoms with Crippen molar-refractivity contribution in [1.29, 1.82) is 0 Å². The molecule has 1 aliphatic rings. The molecule has 1 fully saturated rings. The summed E-state index contributed by atoms with van der Waals surface area (Å²) in [5, 5.41) is 4.00. The topological polar surface area (TPSA) is 64.9 Å². The summed E-state index contributed by atoms with van der Waals surface area (Å²) in [5.74, 6) is 2.11. The molecule has 1 saturated carbocycles. The van der Waals surface area contributed by atoms with Crippen LogP contribution < -0.4 is 5.73 Å². The quantitative estimate of drug-likeness (QED) is 0.792. The molecular weight excluding hydrogens is 178 g/mol. The normalized spacial score (nSPS) is 20.8. The van der Waals surface area contributed by atoms with Crippen molar-refractivity contribution in [2.75, 3.05) is 6.54 Å². The van der Waals surface area contributed by atoms with Gasteiger partial charge in [0.25, 0.3) is 0 Å². The minimum Gasteiger partial charge on any atom is -0.339 e. The molecule has 1 atom stereocenters. The first-order valence-corrected chi connectivity index (χ1v) is 5.24. The van der Waals surface area contributed by atoms with E-state index >= 15 is 0 Å². The van der Waals surface area contributed by atoms with E-state index < -0.39 is 0 Å². The third-order valence-corrected chi connectivity index (χ3v) is 3.13. The second kappa shape index (κ2) is 3.35. The Kier molecular flexibility index (Phi) is 2.31. The zero-order chi connectivity index (χ0) is 10.2. The number of aromatic nitrogens is 2. The van der Waals surface area contributed by atoms with Crippen LogP contribution in [0.3, 0.4) is 0 Å². The molecule has 2 N–H and O–H groups in total. The molecule has 2 rings (SSSR count). The van der Waals surface area contributed by atoms with Crippen molar-refractivity contribution >= 4 is 0 Å². The van der Waals surface area contributed by atoms with Crippen molar-refractivity contribution in [2.45, 2.75) is 44.4 Å². The average Bonchev–Trinajstić information content (AvgIpc) is 2.95. The largest absolute Gasteiger partial charge is 0.339 e. The van der Waals surface area contributed by atoms with Crippen LogP contribution in [-0.4, -0.2) is 16.7 Å². The van der Waals surface area contributed by atoms with E-state index in [2.05, 4.69) is 24.0 Å². The smallest absolute Gasteiger partial charge is 0.233 e. The van der Waals surface area contributed by atoms with Gasteiger partial charge in [0.15, 0.2) is 5.82 Å². The lowest BCUT2D eigenvalue weighted by Crippen LogP contribution is -2.31. The summed E-state index contributed by atoms with van der Waals surface area (Å²) in [6.07, 6.45) is 3.32. The Balaban J connectivity index is 2.21. The van der Waals surface area contributed by atoms with Gasteiger partial charge in [-0.3, -0.25) is 0 Å². The van der Waals surface area contributed by atoms with Gasteiger partial charge in [-0.25, -0.2) is 0 Å². The van der Waals surface area contributed by atoms with Gasteiger partial charge in [-0.2, -0.15) is 4.98 Å². The maximum atomic E-state index is 5.72. The van der Waals surface area contributed by atoms with Crippen LogP contribution in [0.25, 0.3) is 0 Å². The van der Waals surface area contributed by atoms with Gasteiger partial charge in [0.2, 0.25) is 5.89 Å². The molecule has 0 radical (unpaired) electrons. The van der Waals surface area contributed by atoms with Crippen molar-refractivity contribution in [1.82, 2.24) is 10.1 Å². The highest BCUT2D eigenvalue weighted by molar-refractivity contribution is 5.09. The Morgan fingerprint density at radius 2 is 2.29 bits per heavy atom. The van der Waals surface area contributed by atoms with Crippen LogP contribution in [0, 0.1) is 0 Å². The molecule has 0 spiro atoms. The molecule has 1 heterocycles. The third-order valence-electron chi connectivity index (χ3n) is 3.13. The van der Waals surface area contributed by atoms with Crippen molar-refractivity contribution in [3.63, 3.8) is 0 Å². The predicted molar refractivity (Wildman–Crippen MR) is 53.0 cm³/mol. The maximum absolute atomic E-state index is 5.72. The van der Waals surface area contributed by atoms with Crippen LogP contribution in [0.5, 0.6) is 0 Å². The second-order valence-corrected chi connectivity index (χ2v) is 4.35. The van der Waals surface area contributed by atoms with Crippen molar-refractivity contribution < 1.29 is 4.52 Å². The molecule has 0 aromatic carbocycles. The fourth-order valence-electron chi connectivity index (χ4n) is 1.37. The predicted octanol–water partition coefficient (Wildman–Crippen LogP) is 1.57. The molecule has 1 aromatic rings. The summed E-state index contributed by atoms with van der Waals surface area (Å²) in [5.41, 5.74) is 5.57. The molecule has 4 heteroatoms. The number of nitrogens with zero attached hydrogens (tertiary/aromatic N) is 2. The Morgan fingerprint density at radius 3 is 2.79 bits per heavy atom. The molecule has 1 unspecified atom stereocenters. The Hall–Kier alpha value is -0.900. The maximum Gasteiger partial charge on any atom is 0.233 e. The molecule has 4 nitrogen and oxygen atoms in total. The molecular formula is C10H17N3O. The average molecular weight is 195 g/mol. The van der Waals surface area contributed by atoms with Gasteiger partial charge in [0.1, 0.15) is 0 Å². The molecule has 78 valence electrons.